The number of rotatable bonds is 3. The van der Waals surface area contributed by atoms with Crippen molar-refractivity contribution in [2.24, 2.45) is 41.5 Å². The lowest BCUT2D eigenvalue weighted by molar-refractivity contribution is -0.188. The van der Waals surface area contributed by atoms with E-state index in [0.717, 1.165) is 41.8 Å². The summed E-state index contributed by atoms with van der Waals surface area (Å²) in [6.45, 7) is 10.2. The number of nitrogens with zero attached hydrogens (tertiary/aromatic N) is 3. The summed E-state index contributed by atoms with van der Waals surface area (Å²) in [4.78, 5) is 19.9. The summed E-state index contributed by atoms with van der Waals surface area (Å²) in [5.74, 6) is 4.05. The molecule has 5 nitrogen and oxygen atoms in total. The van der Waals surface area contributed by atoms with Crippen molar-refractivity contribution in [2.75, 3.05) is 12.3 Å². The Hall–Kier alpha value is -1.01. The Labute approximate surface area is 216 Å². The zero-order chi connectivity index (χ0) is 24.6. The van der Waals surface area contributed by atoms with Gasteiger partial charge in [0.2, 0.25) is 5.91 Å². The first-order valence-electron chi connectivity index (χ1n) is 14.2. The Kier molecular flexibility index (Phi) is 5.73. The normalized spacial score (nSPS) is 44.2. The van der Waals surface area contributed by atoms with E-state index >= 15 is 0 Å². The third-order valence-electron chi connectivity index (χ3n) is 11.8. The van der Waals surface area contributed by atoms with E-state index < -0.39 is 5.72 Å². The summed E-state index contributed by atoms with van der Waals surface area (Å²) in [7, 11) is 1.98. The topological polar surface area (TPSA) is 47.4 Å². The van der Waals surface area contributed by atoms with Crippen molar-refractivity contribution in [3.8, 4) is 0 Å². The first kappa shape index (κ1) is 24.3. The second kappa shape index (κ2) is 8.24. The molecule has 5 aliphatic rings. The molecule has 6 rings (SSSR count). The van der Waals surface area contributed by atoms with Gasteiger partial charge in [-0.1, -0.05) is 38.5 Å². The van der Waals surface area contributed by atoms with Gasteiger partial charge in [0.05, 0.1) is 17.9 Å². The third-order valence-corrected chi connectivity index (χ3v) is 12.8. The van der Waals surface area contributed by atoms with Gasteiger partial charge in [0, 0.05) is 24.9 Å². The van der Waals surface area contributed by atoms with Gasteiger partial charge in [0.1, 0.15) is 5.72 Å². The van der Waals surface area contributed by atoms with Crippen molar-refractivity contribution in [2.45, 2.75) is 108 Å². The van der Waals surface area contributed by atoms with E-state index in [9.17, 15) is 4.79 Å². The van der Waals surface area contributed by atoms with E-state index in [1.54, 1.807) is 6.20 Å². The Morgan fingerprint density at radius 2 is 1.86 bits per heavy atom. The maximum Gasteiger partial charge on any atom is 0.235 e. The highest BCUT2D eigenvalue weighted by Gasteiger charge is 2.69. The highest BCUT2D eigenvalue weighted by atomic mass is 32.2. The number of hydrogen-bond acceptors (Lipinski definition) is 4. The minimum Gasteiger partial charge on any atom is -0.347 e. The van der Waals surface area contributed by atoms with Crippen LogP contribution in [-0.2, 0) is 16.6 Å². The smallest absolute Gasteiger partial charge is 0.235 e. The zero-order valence-corrected chi connectivity index (χ0v) is 23.3. The van der Waals surface area contributed by atoms with Gasteiger partial charge in [0.25, 0.3) is 0 Å². The molecule has 1 amide bonds. The number of hydrogen-bond donors (Lipinski definition) is 0. The van der Waals surface area contributed by atoms with Gasteiger partial charge in [0.15, 0.2) is 5.16 Å². The van der Waals surface area contributed by atoms with E-state index in [4.69, 9.17) is 4.74 Å². The van der Waals surface area contributed by atoms with Crippen molar-refractivity contribution < 1.29 is 9.53 Å². The molecular weight excluding hydrogens is 454 g/mol. The van der Waals surface area contributed by atoms with Gasteiger partial charge < -0.3 is 14.2 Å². The van der Waals surface area contributed by atoms with Crippen molar-refractivity contribution in [3.63, 3.8) is 0 Å². The first-order chi connectivity index (χ1) is 16.6. The minimum absolute atomic E-state index is 0.172. The summed E-state index contributed by atoms with van der Waals surface area (Å²) < 4.78 is 9.03. The lowest BCUT2D eigenvalue weighted by Crippen LogP contribution is -2.57. The van der Waals surface area contributed by atoms with E-state index in [0.29, 0.717) is 11.2 Å². The summed E-state index contributed by atoms with van der Waals surface area (Å²) in [6, 6.07) is 0. The van der Waals surface area contributed by atoms with Gasteiger partial charge in [-0.05, 0) is 94.3 Å². The number of carbonyl (C=O) groups is 1. The maximum absolute atomic E-state index is 13.5. The third kappa shape index (κ3) is 3.51. The average molecular weight is 500 g/mol. The molecule has 4 saturated carbocycles. The second-order valence-electron chi connectivity index (χ2n) is 13.5. The number of carbonyl (C=O) groups excluding carboxylic acids is 1. The summed E-state index contributed by atoms with van der Waals surface area (Å²) in [5.41, 5.74) is -0.00948. The molecule has 0 N–H and O–H groups in total. The number of aryl methyl sites for hydroxylation is 1. The van der Waals surface area contributed by atoms with E-state index in [1.807, 2.05) is 17.8 Å². The molecule has 0 aromatic carbocycles. The lowest BCUT2D eigenvalue weighted by atomic mass is 9.44. The minimum atomic E-state index is -0.555. The molecule has 194 valence electrons. The Bertz CT molecular complexity index is 992. The lowest BCUT2D eigenvalue weighted by Gasteiger charge is -2.61. The Balaban J connectivity index is 1.22. The van der Waals surface area contributed by atoms with Crippen LogP contribution in [0.1, 0.15) is 91.9 Å². The van der Waals surface area contributed by atoms with Gasteiger partial charge >= 0.3 is 0 Å². The largest absolute Gasteiger partial charge is 0.347 e. The van der Waals surface area contributed by atoms with Crippen molar-refractivity contribution in [3.05, 3.63) is 12.4 Å². The molecule has 2 heterocycles. The van der Waals surface area contributed by atoms with Crippen LogP contribution in [0.3, 0.4) is 0 Å². The van der Waals surface area contributed by atoms with E-state index in [1.165, 1.54) is 69.5 Å². The van der Waals surface area contributed by atoms with Crippen LogP contribution in [0.25, 0.3) is 0 Å². The molecule has 0 radical (unpaired) electrons. The van der Waals surface area contributed by atoms with Crippen LogP contribution in [0.5, 0.6) is 0 Å². The number of ether oxygens (including phenoxy) is 1. The fourth-order valence-corrected chi connectivity index (χ4v) is 10.7. The highest BCUT2D eigenvalue weighted by Crippen LogP contribution is 2.70. The Morgan fingerprint density at radius 3 is 2.63 bits per heavy atom. The molecule has 6 heteroatoms. The average Bonchev–Trinajstić information content (AvgIpc) is 3.44. The molecule has 1 spiro atoms. The molecule has 1 aromatic rings. The van der Waals surface area contributed by atoms with Gasteiger partial charge in [-0.2, -0.15) is 0 Å². The van der Waals surface area contributed by atoms with Crippen LogP contribution >= 0.6 is 11.8 Å². The first-order valence-corrected chi connectivity index (χ1v) is 15.2. The molecular formula is C29H45N3O2S. The molecule has 7 atom stereocenters. The fraction of sp³-hybridized carbons (Fsp3) is 0.862. The van der Waals surface area contributed by atoms with Crippen LogP contribution in [0.15, 0.2) is 17.6 Å². The van der Waals surface area contributed by atoms with E-state index in [2.05, 4.69) is 37.6 Å². The SMILES string of the molecule is Cn1ccnc1SCC(=O)N1C[C@@]2(CC[C@@H]3[C@H]4CC[C@H]5CCCC[C@]5(C)[C@H]4CC[C@@]32C)OC1(C)C. The Morgan fingerprint density at radius 1 is 1.06 bits per heavy atom. The van der Waals surface area contributed by atoms with Crippen LogP contribution in [0.4, 0.5) is 0 Å². The number of imidazole rings is 1. The van der Waals surface area contributed by atoms with Crippen LogP contribution in [-0.4, -0.2) is 44.0 Å². The zero-order valence-electron chi connectivity index (χ0n) is 22.5. The number of aromatic nitrogens is 2. The standard InChI is InChI=1S/C29H45N3O2S/c1-26(2)32(24(33)18-35-25-30-16-17-31(25)5)19-29(34-26)15-12-23-21-10-9-20-8-6-7-13-27(20,3)22(21)11-14-28(23,29)4/h16-17,20-23H,6-15,18-19H2,1-5H3/t20-,21+,22+,23-,27+,28+,29-/m1/s1. The van der Waals surface area contributed by atoms with Crippen molar-refractivity contribution in [1.82, 2.24) is 14.5 Å². The predicted octanol–water partition coefficient (Wildman–Crippen LogP) is 6.28. The van der Waals surface area contributed by atoms with Crippen LogP contribution in [0, 0.1) is 34.5 Å². The maximum atomic E-state index is 13.5. The number of amides is 1. The summed E-state index contributed by atoms with van der Waals surface area (Å²) in [5, 5.41) is 0.893. The van der Waals surface area contributed by atoms with Crippen LogP contribution < -0.4 is 0 Å². The molecule has 1 aliphatic heterocycles. The van der Waals surface area contributed by atoms with Gasteiger partial charge in [-0.15, -0.1) is 0 Å². The quantitative estimate of drug-likeness (QED) is 0.459. The highest BCUT2D eigenvalue weighted by molar-refractivity contribution is 7.99. The van der Waals surface area contributed by atoms with Crippen molar-refractivity contribution >= 4 is 17.7 Å². The molecule has 35 heavy (non-hydrogen) atoms. The van der Waals surface area contributed by atoms with Gasteiger partial charge in [-0.25, -0.2) is 4.98 Å². The second-order valence-corrected chi connectivity index (χ2v) is 14.5. The molecule has 0 unspecified atom stereocenters. The van der Waals surface area contributed by atoms with Crippen LogP contribution in [0.2, 0.25) is 0 Å². The summed E-state index contributed by atoms with van der Waals surface area (Å²) >= 11 is 1.53. The summed E-state index contributed by atoms with van der Waals surface area (Å²) in [6.07, 6.45) is 17.4. The molecule has 5 fully saturated rings. The van der Waals surface area contributed by atoms with Gasteiger partial charge in [-0.3, -0.25) is 4.79 Å². The molecule has 1 saturated heterocycles. The predicted molar refractivity (Wildman–Crippen MR) is 140 cm³/mol. The molecule has 4 aliphatic carbocycles. The number of thioether (sulfide) groups is 1. The fourth-order valence-electron chi connectivity index (χ4n) is 9.91. The molecule has 0 bridgehead atoms. The number of fused-ring (bicyclic) bond motifs is 6. The van der Waals surface area contributed by atoms with Crippen molar-refractivity contribution in [1.29, 1.82) is 0 Å². The molecule has 1 aromatic heterocycles. The monoisotopic (exact) mass is 499 g/mol. The van der Waals surface area contributed by atoms with E-state index in [-0.39, 0.29) is 16.9 Å².